The van der Waals surface area contributed by atoms with E-state index in [1.54, 1.807) is 16.8 Å². The fraction of sp³-hybridized carbons (Fsp3) is 0.0667. The maximum atomic E-state index is 13.0. The molecule has 3 rings (SSSR count). The first-order valence-corrected chi connectivity index (χ1v) is 6.22. The van der Waals surface area contributed by atoms with Crippen LogP contribution in [0.15, 0.2) is 54.6 Å². The second kappa shape index (κ2) is 5.13. The monoisotopic (exact) mass is 268 g/mol. The molecule has 0 saturated heterocycles. The minimum atomic E-state index is -0.282. The summed E-state index contributed by atoms with van der Waals surface area (Å²) in [7, 11) is 0. The number of rotatable bonds is 3. The summed E-state index contributed by atoms with van der Waals surface area (Å²) in [6.07, 6.45) is 0. The van der Waals surface area contributed by atoms with Gasteiger partial charge in [-0.3, -0.25) is 0 Å². The molecule has 0 aliphatic heterocycles. The lowest BCUT2D eigenvalue weighted by atomic mass is 10.2. The van der Waals surface area contributed by atoms with E-state index < -0.39 is 0 Å². The van der Waals surface area contributed by atoms with Crippen molar-refractivity contribution < 1.29 is 4.39 Å². The summed E-state index contributed by atoms with van der Waals surface area (Å²) in [6, 6.07) is 16.0. The smallest absolute Gasteiger partial charge is 0.240 e. The van der Waals surface area contributed by atoms with Crippen molar-refractivity contribution in [2.75, 3.05) is 5.73 Å². The van der Waals surface area contributed by atoms with E-state index in [0.717, 1.165) is 11.1 Å². The number of nitrogens with two attached hydrogens (primary N) is 1. The van der Waals surface area contributed by atoms with Gasteiger partial charge in [-0.25, -0.2) is 9.07 Å². The van der Waals surface area contributed by atoms with E-state index in [1.165, 1.54) is 12.1 Å². The molecule has 1 heterocycles. The van der Waals surface area contributed by atoms with Crippen LogP contribution in [-0.2, 0) is 6.54 Å². The molecular formula is C15H13FN4. The first kappa shape index (κ1) is 12.3. The standard InChI is InChI=1S/C15H13FN4/c16-13-8-6-12(7-9-13)14-18-15(17)19-20(14)10-11-4-2-1-3-5-11/h1-9H,10H2,(H2,17,19). The van der Waals surface area contributed by atoms with E-state index in [2.05, 4.69) is 10.1 Å². The van der Waals surface area contributed by atoms with Gasteiger partial charge in [-0.2, -0.15) is 4.98 Å². The molecule has 1 aromatic heterocycles. The fourth-order valence-electron chi connectivity index (χ4n) is 2.04. The molecule has 2 N–H and O–H groups in total. The van der Waals surface area contributed by atoms with Crippen molar-refractivity contribution in [3.05, 3.63) is 66.0 Å². The highest BCUT2D eigenvalue weighted by molar-refractivity contribution is 5.56. The van der Waals surface area contributed by atoms with Crippen LogP contribution in [0.4, 0.5) is 10.3 Å². The van der Waals surface area contributed by atoms with Gasteiger partial charge in [-0.1, -0.05) is 30.3 Å². The molecule has 20 heavy (non-hydrogen) atoms. The van der Waals surface area contributed by atoms with Crippen molar-refractivity contribution in [1.29, 1.82) is 0 Å². The van der Waals surface area contributed by atoms with Crippen molar-refractivity contribution in [2.24, 2.45) is 0 Å². The number of nitrogens with zero attached hydrogens (tertiary/aromatic N) is 3. The first-order chi connectivity index (χ1) is 9.72. The maximum Gasteiger partial charge on any atom is 0.240 e. The molecule has 3 aromatic rings. The fourth-order valence-corrected chi connectivity index (χ4v) is 2.04. The Balaban J connectivity index is 1.98. The lowest BCUT2D eigenvalue weighted by Crippen LogP contribution is -2.04. The Kier molecular flexibility index (Phi) is 3.16. The summed E-state index contributed by atoms with van der Waals surface area (Å²) >= 11 is 0. The Morgan fingerprint density at radius 3 is 2.40 bits per heavy atom. The molecule has 2 aromatic carbocycles. The van der Waals surface area contributed by atoms with Crippen molar-refractivity contribution in [3.8, 4) is 11.4 Å². The van der Waals surface area contributed by atoms with Gasteiger partial charge in [0.15, 0.2) is 5.82 Å². The average Bonchev–Trinajstić information content (AvgIpc) is 2.81. The van der Waals surface area contributed by atoms with Crippen molar-refractivity contribution in [3.63, 3.8) is 0 Å². The van der Waals surface area contributed by atoms with Crippen molar-refractivity contribution in [1.82, 2.24) is 14.8 Å². The number of aromatic nitrogens is 3. The molecule has 0 aliphatic rings. The minimum absolute atomic E-state index is 0.209. The van der Waals surface area contributed by atoms with Crippen LogP contribution in [0.5, 0.6) is 0 Å². The number of hydrogen-bond donors (Lipinski definition) is 1. The average molecular weight is 268 g/mol. The highest BCUT2D eigenvalue weighted by Crippen LogP contribution is 2.19. The van der Waals surface area contributed by atoms with Crippen LogP contribution in [0.1, 0.15) is 5.56 Å². The largest absolute Gasteiger partial charge is 0.366 e. The van der Waals surface area contributed by atoms with Crippen LogP contribution in [0.25, 0.3) is 11.4 Å². The van der Waals surface area contributed by atoms with E-state index in [1.807, 2.05) is 30.3 Å². The van der Waals surface area contributed by atoms with Crippen LogP contribution in [0, 0.1) is 5.82 Å². The van der Waals surface area contributed by atoms with Crippen LogP contribution < -0.4 is 5.73 Å². The molecule has 0 unspecified atom stereocenters. The van der Waals surface area contributed by atoms with Crippen molar-refractivity contribution >= 4 is 5.95 Å². The van der Waals surface area contributed by atoms with Crippen molar-refractivity contribution in [2.45, 2.75) is 6.54 Å². The molecule has 0 bridgehead atoms. The molecule has 0 fully saturated rings. The normalized spacial score (nSPS) is 10.7. The van der Waals surface area contributed by atoms with Gasteiger partial charge in [0, 0.05) is 5.56 Å². The zero-order valence-electron chi connectivity index (χ0n) is 10.7. The zero-order chi connectivity index (χ0) is 13.9. The molecule has 5 heteroatoms. The number of halogens is 1. The van der Waals surface area contributed by atoms with Gasteiger partial charge in [0.2, 0.25) is 5.95 Å². The van der Waals surface area contributed by atoms with Crippen LogP contribution in [-0.4, -0.2) is 14.8 Å². The molecule has 0 aliphatic carbocycles. The van der Waals surface area contributed by atoms with E-state index in [9.17, 15) is 4.39 Å². The van der Waals surface area contributed by atoms with E-state index in [0.29, 0.717) is 12.4 Å². The number of benzene rings is 2. The number of anilines is 1. The summed E-state index contributed by atoms with van der Waals surface area (Å²) < 4.78 is 14.7. The highest BCUT2D eigenvalue weighted by atomic mass is 19.1. The molecule has 100 valence electrons. The Morgan fingerprint density at radius 1 is 1.00 bits per heavy atom. The third-order valence-corrected chi connectivity index (χ3v) is 2.97. The third-order valence-electron chi connectivity index (χ3n) is 2.97. The van der Waals surface area contributed by atoms with Crippen LogP contribution in [0.2, 0.25) is 0 Å². The zero-order valence-corrected chi connectivity index (χ0v) is 10.7. The number of nitrogen functional groups attached to an aromatic ring is 1. The molecule has 0 saturated carbocycles. The second-order valence-electron chi connectivity index (χ2n) is 4.44. The Labute approximate surface area is 115 Å². The predicted octanol–water partition coefficient (Wildman–Crippen LogP) is 2.71. The van der Waals surface area contributed by atoms with E-state index >= 15 is 0 Å². The van der Waals surface area contributed by atoms with Gasteiger partial charge in [0.05, 0.1) is 6.54 Å². The second-order valence-corrected chi connectivity index (χ2v) is 4.44. The predicted molar refractivity (Wildman–Crippen MR) is 75.4 cm³/mol. The molecule has 0 radical (unpaired) electrons. The number of hydrogen-bond acceptors (Lipinski definition) is 3. The summed E-state index contributed by atoms with van der Waals surface area (Å²) in [4.78, 5) is 4.21. The van der Waals surface area contributed by atoms with E-state index in [4.69, 9.17) is 5.73 Å². The maximum absolute atomic E-state index is 13.0. The Morgan fingerprint density at radius 2 is 1.70 bits per heavy atom. The summed E-state index contributed by atoms with van der Waals surface area (Å²) in [5.74, 6) is 0.558. The van der Waals surface area contributed by atoms with Gasteiger partial charge in [-0.05, 0) is 29.8 Å². The lowest BCUT2D eigenvalue weighted by Gasteiger charge is -2.06. The SMILES string of the molecule is Nc1nc(-c2ccc(F)cc2)n(Cc2ccccc2)n1. The van der Waals surface area contributed by atoms with Crippen LogP contribution >= 0.6 is 0 Å². The summed E-state index contributed by atoms with van der Waals surface area (Å²) in [5.41, 5.74) is 7.56. The Bertz CT molecular complexity index is 704. The molecule has 4 nitrogen and oxygen atoms in total. The van der Waals surface area contributed by atoms with Gasteiger partial charge >= 0.3 is 0 Å². The summed E-state index contributed by atoms with van der Waals surface area (Å²) in [5, 5.41) is 4.19. The van der Waals surface area contributed by atoms with Gasteiger partial charge < -0.3 is 5.73 Å². The quantitative estimate of drug-likeness (QED) is 0.794. The van der Waals surface area contributed by atoms with Gasteiger partial charge in [0.1, 0.15) is 5.82 Å². The molecule has 0 spiro atoms. The third kappa shape index (κ3) is 2.51. The van der Waals surface area contributed by atoms with Gasteiger partial charge in [0.25, 0.3) is 0 Å². The molecule has 0 amide bonds. The van der Waals surface area contributed by atoms with Gasteiger partial charge in [-0.15, -0.1) is 5.10 Å². The first-order valence-electron chi connectivity index (χ1n) is 6.22. The Hall–Kier alpha value is -2.69. The van der Waals surface area contributed by atoms with Crippen LogP contribution in [0.3, 0.4) is 0 Å². The molecular weight excluding hydrogens is 255 g/mol. The minimum Gasteiger partial charge on any atom is -0.366 e. The van der Waals surface area contributed by atoms with E-state index in [-0.39, 0.29) is 11.8 Å². The highest BCUT2D eigenvalue weighted by Gasteiger charge is 2.10. The lowest BCUT2D eigenvalue weighted by molar-refractivity contribution is 0.627. The topological polar surface area (TPSA) is 56.7 Å². The summed E-state index contributed by atoms with van der Waals surface area (Å²) in [6.45, 7) is 0.567. The molecule has 0 atom stereocenters.